The Morgan fingerprint density at radius 1 is 0.547 bits per heavy atom. The molecule has 18 heteroatoms. The molecule has 0 unspecified atom stereocenters. The fraction of sp³-hybridized carbons (Fsp3) is 0.421. The van der Waals surface area contributed by atoms with Crippen molar-refractivity contribution >= 4 is 51.0 Å². The number of amides is 3. The summed E-state index contributed by atoms with van der Waals surface area (Å²) in [5.74, 6) is -0.746. The fourth-order valence-corrected chi connectivity index (χ4v) is 10.6. The number of halogens is 3. The number of aromatic nitrogens is 6. The summed E-state index contributed by atoms with van der Waals surface area (Å²) in [4.78, 5) is 80.6. The molecule has 0 saturated heterocycles. The normalized spacial score (nSPS) is 16.3. The Morgan fingerprint density at radius 3 is 1.33 bits per heavy atom. The molecule has 10 rings (SSSR count). The lowest BCUT2D eigenvalue weighted by Gasteiger charge is -2.36. The van der Waals surface area contributed by atoms with Gasteiger partial charge in [-0.1, -0.05) is 69.6 Å². The molecule has 3 aromatic carbocycles. The van der Waals surface area contributed by atoms with Crippen molar-refractivity contribution in [3.8, 4) is 0 Å². The summed E-state index contributed by atoms with van der Waals surface area (Å²) in [6.45, 7) is 22.3. The number of hydrogen-bond donors (Lipinski definition) is 3. The van der Waals surface area contributed by atoms with Crippen molar-refractivity contribution in [1.29, 1.82) is 0 Å². The molecule has 0 radical (unpaired) electrons. The first-order valence-corrected chi connectivity index (χ1v) is 25.8. The van der Waals surface area contributed by atoms with Crippen LogP contribution in [-0.4, -0.2) is 80.4 Å². The third kappa shape index (κ3) is 10.7. The molecule has 0 atom stereocenters. The third-order valence-corrected chi connectivity index (χ3v) is 15.1. The second-order valence-electron chi connectivity index (χ2n) is 22.9. The summed E-state index contributed by atoms with van der Waals surface area (Å²) < 4.78 is 27.0. The standard InChI is InChI=1S/C20H22FN3O2.C20H24FN3O2.C17H18BrN3O2/c1-19(2,3)18(26)24-11-14-15(22-23-17(14)20(24)8-9-20)10-16(25)12-4-6-13(21)7-5-12;1-19(2,3)18(26)24-11-14-15(22-23-17(14)20(24,4)5)10-16(25)12-6-8-13(21)9-7-12;1-10(22)21-9-13-14(19-20-16(13)17(21,2)3)8-15(23)11-5-4-6-12(18)7-11/h4-7H,8-11H2,1-3H3,(H,22,23);6-9H,10-11H2,1-5H3,(H,22,23);4-7H,8-9H2,1-3H3,(H,19,20). The van der Waals surface area contributed by atoms with E-state index >= 15 is 0 Å². The summed E-state index contributed by atoms with van der Waals surface area (Å²) in [5, 5.41) is 22.2. The van der Waals surface area contributed by atoms with E-state index in [0.717, 1.165) is 62.5 Å². The molecule has 0 bridgehead atoms. The zero-order valence-corrected chi connectivity index (χ0v) is 45.9. The maximum absolute atomic E-state index is 13.0. The van der Waals surface area contributed by atoms with E-state index in [1.165, 1.54) is 48.5 Å². The van der Waals surface area contributed by atoms with Gasteiger partial charge in [-0.2, -0.15) is 15.3 Å². The van der Waals surface area contributed by atoms with Gasteiger partial charge in [0.25, 0.3) is 0 Å². The van der Waals surface area contributed by atoms with Crippen LogP contribution in [0.1, 0.15) is 171 Å². The second kappa shape index (κ2) is 20.0. The SMILES string of the molecule is CC(=O)N1Cc2c(n[nH]c2CC(=O)c2cccc(Br)c2)C1(C)C.CC(C)(C)C(=O)N1Cc2c(n[nH]c2CC(=O)c2ccc(F)cc2)C1(C)C.CC(C)(C)C(=O)N1Cc2c(n[nH]c2CC(=O)c2ccc(F)cc2)C12CC2. The minimum Gasteiger partial charge on any atom is -0.328 e. The Kier molecular flexibility index (Phi) is 14.5. The van der Waals surface area contributed by atoms with E-state index in [9.17, 15) is 37.5 Å². The zero-order valence-electron chi connectivity index (χ0n) is 44.4. The molecule has 4 aliphatic rings. The van der Waals surface area contributed by atoms with Gasteiger partial charge in [-0.25, -0.2) is 8.78 Å². The van der Waals surface area contributed by atoms with E-state index in [1.807, 2.05) is 97.2 Å². The number of Topliss-reactive ketones (excluding diaryl/α,β-unsaturated/α-hetero) is 3. The second-order valence-corrected chi connectivity index (χ2v) is 23.9. The average Bonchev–Trinajstić information content (AvgIpc) is 3.77. The zero-order chi connectivity index (χ0) is 54.7. The van der Waals surface area contributed by atoms with E-state index in [2.05, 4.69) is 46.5 Å². The van der Waals surface area contributed by atoms with Crippen LogP contribution in [0.3, 0.4) is 0 Å². The highest BCUT2D eigenvalue weighted by Gasteiger charge is 2.60. The number of rotatable bonds is 9. The van der Waals surface area contributed by atoms with Crippen LogP contribution < -0.4 is 0 Å². The number of hydrogen-bond acceptors (Lipinski definition) is 9. The van der Waals surface area contributed by atoms with Crippen molar-refractivity contribution in [1.82, 2.24) is 45.3 Å². The van der Waals surface area contributed by atoms with Gasteiger partial charge >= 0.3 is 0 Å². The summed E-state index contributed by atoms with van der Waals surface area (Å²) in [7, 11) is 0. The first-order valence-electron chi connectivity index (χ1n) is 25.0. The molecule has 1 spiro atoms. The van der Waals surface area contributed by atoms with Crippen molar-refractivity contribution < 1.29 is 37.5 Å². The summed E-state index contributed by atoms with van der Waals surface area (Å²) in [5.41, 5.74) is 7.04. The lowest BCUT2D eigenvalue weighted by atomic mass is 9.92. The Morgan fingerprint density at radius 2 is 0.920 bits per heavy atom. The smallest absolute Gasteiger partial charge is 0.229 e. The van der Waals surface area contributed by atoms with Crippen LogP contribution in [0.4, 0.5) is 8.78 Å². The molecule has 3 N–H and O–H groups in total. The summed E-state index contributed by atoms with van der Waals surface area (Å²) in [6, 6.07) is 18.4. The van der Waals surface area contributed by atoms with Crippen LogP contribution in [0.2, 0.25) is 0 Å². The topological polar surface area (TPSA) is 198 Å². The maximum Gasteiger partial charge on any atom is 0.229 e. The molecule has 1 aliphatic carbocycles. The summed E-state index contributed by atoms with van der Waals surface area (Å²) >= 11 is 3.38. The van der Waals surface area contributed by atoms with Crippen LogP contribution in [0, 0.1) is 22.5 Å². The first kappa shape index (κ1) is 54.3. The van der Waals surface area contributed by atoms with Gasteiger partial charge in [0.05, 0.1) is 72.6 Å². The van der Waals surface area contributed by atoms with Crippen molar-refractivity contribution in [2.24, 2.45) is 10.8 Å². The molecule has 3 aromatic heterocycles. The molecule has 6 heterocycles. The van der Waals surface area contributed by atoms with Gasteiger partial charge in [0.1, 0.15) is 11.6 Å². The molecule has 75 heavy (non-hydrogen) atoms. The molecule has 3 aliphatic heterocycles. The van der Waals surface area contributed by atoms with Crippen LogP contribution in [0.25, 0.3) is 0 Å². The molecular formula is C57H64BrF2N9O6. The lowest BCUT2D eigenvalue weighted by Crippen LogP contribution is -2.46. The van der Waals surface area contributed by atoms with Crippen molar-refractivity contribution in [3.05, 3.63) is 156 Å². The Labute approximate surface area is 443 Å². The maximum atomic E-state index is 13.0. The number of benzene rings is 3. The number of H-pyrrole nitrogens is 3. The van der Waals surface area contributed by atoms with Crippen molar-refractivity contribution in [2.75, 3.05) is 0 Å². The Hall–Kier alpha value is -6.95. The molecular weight excluding hydrogens is 1020 g/mol. The van der Waals surface area contributed by atoms with Gasteiger partial charge in [-0.15, -0.1) is 0 Å². The van der Waals surface area contributed by atoms with Crippen LogP contribution in [-0.2, 0) is 69.9 Å². The largest absolute Gasteiger partial charge is 0.328 e. The van der Waals surface area contributed by atoms with E-state index in [0.29, 0.717) is 42.0 Å². The summed E-state index contributed by atoms with van der Waals surface area (Å²) in [6.07, 6.45) is 2.39. The number of carbonyl (C=O) groups excluding carboxylic acids is 6. The van der Waals surface area contributed by atoms with Crippen LogP contribution in [0.15, 0.2) is 77.3 Å². The Bertz CT molecular complexity index is 3090. The predicted molar refractivity (Wildman–Crippen MR) is 280 cm³/mol. The van der Waals surface area contributed by atoms with Gasteiger partial charge in [-0.05, 0) is 101 Å². The van der Waals surface area contributed by atoms with E-state index < -0.39 is 21.9 Å². The number of aromatic amines is 3. The minimum absolute atomic E-state index is 0.0114. The van der Waals surface area contributed by atoms with Crippen LogP contribution in [0.5, 0.6) is 0 Å². The van der Waals surface area contributed by atoms with Gasteiger partial charge in [0.2, 0.25) is 17.7 Å². The quantitative estimate of drug-likeness (QED) is 0.118. The number of nitrogens with one attached hydrogen (secondary N) is 3. The van der Waals surface area contributed by atoms with Gasteiger partial charge in [-0.3, -0.25) is 44.1 Å². The Balaban J connectivity index is 0.000000150. The van der Waals surface area contributed by atoms with E-state index in [4.69, 9.17) is 0 Å². The number of fused-ring (bicyclic) bond motifs is 4. The monoisotopic (exact) mass is 1090 g/mol. The number of ketones is 3. The predicted octanol–water partition coefficient (Wildman–Crippen LogP) is 10.1. The molecule has 3 amide bonds. The van der Waals surface area contributed by atoms with Crippen LogP contribution >= 0.6 is 15.9 Å². The van der Waals surface area contributed by atoms with E-state index in [-0.39, 0.29) is 71.5 Å². The highest BCUT2D eigenvalue weighted by Crippen LogP contribution is 2.57. The van der Waals surface area contributed by atoms with Gasteiger partial charge < -0.3 is 14.7 Å². The molecule has 15 nitrogen and oxygen atoms in total. The molecule has 1 saturated carbocycles. The number of nitrogens with zero attached hydrogens (tertiary/aromatic N) is 6. The third-order valence-electron chi connectivity index (χ3n) is 14.6. The van der Waals surface area contributed by atoms with Crippen molar-refractivity contribution in [2.45, 2.75) is 145 Å². The first-order chi connectivity index (χ1) is 35.0. The van der Waals surface area contributed by atoms with Crippen molar-refractivity contribution in [3.63, 3.8) is 0 Å². The molecule has 1 fully saturated rings. The molecule has 394 valence electrons. The highest BCUT2D eigenvalue weighted by atomic mass is 79.9. The van der Waals surface area contributed by atoms with Gasteiger partial charge in [0.15, 0.2) is 17.3 Å². The fourth-order valence-electron chi connectivity index (χ4n) is 10.2. The highest BCUT2D eigenvalue weighted by molar-refractivity contribution is 9.10. The van der Waals surface area contributed by atoms with Gasteiger partial charge in [0, 0.05) is 72.7 Å². The minimum atomic E-state index is -0.534. The average molecular weight is 1090 g/mol. The number of carbonyl (C=O) groups is 6. The lowest BCUT2D eigenvalue weighted by molar-refractivity contribution is -0.145. The van der Waals surface area contributed by atoms with E-state index in [1.54, 1.807) is 17.9 Å². The molecule has 6 aromatic rings.